The van der Waals surface area contributed by atoms with E-state index in [4.69, 9.17) is 21.1 Å². The van der Waals surface area contributed by atoms with Gasteiger partial charge in [0, 0.05) is 29.0 Å². The Hall–Kier alpha value is -2.73. The molecule has 2 heterocycles. The van der Waals surface area contributed by atoms with Crippen molar-refractivity contribution in [3.63, 3.8) is 0 Å². The smallest absolute Gasteiger partial charge is 0.274 e. The van der Waals surface area contributed by atoms with Crippen molar-refractivity contribution in [1.82, 2.24) is 9.38 Å². The van der Waals surface area contributed by atoms with Crippen LogP contribution in [0, 0.1) is 0 Å². The molecule has 0 atom stereocenters. The Morgan fingerprint density at radius 2 is 1.85 bits per heavy atom. The van der Waals surface area contributed by atoms with Gasteiger partial charge in [0.1, 0.15) is 11.3 Å². The van der Waals surface area contributed by atoms with E-state index in [0.717, 1.165) is 0 Å². The molecule has 0 aliphatic rings. The van der Waals surface area contributed by atoms with E-state index >= 15 is 0 Å². The molecule has 1 aromatic carbocycles. The maximum absolute atomic E-state index is 13.0. The highest BCUT2D eigenvalue weighted by Crippen LogP contribution is 2.31. The van der Waals surface area contributed by atoms with E-state index in [2.05, 4.69) is 10.3 Å². The van der Waals surface area contributed by atoms with Crippen molar-refractivity contribution in [3.05, 3.63) is 52.9 Å². The number of halogens is 1. The number of fused-ring (bicyclic) bond motifs is 1. The lowest BCUT2D eigenvalue weighted by molar-refractivity contribution is 0.102. The number of imidazole rings is 1. The van der Waals surface area contributed by atoms with Crippen molar-refractivity contribution < 1.29 is 14.3 Å². The number of ether oxygens (including phenoxy) is 2. The number of anilines is 1. The minimum absolute atomic E-state index is 0.242. The second-order valence-electron chi connectivity index (χ2n) is 5.82. The van der Waals surface area contributed by atoms with Crippen molar-refractivity contribution in [3.8, 4) is 11.5 Å². The van der Waals surface area contributed by atoms with E-state index in [-0.39, 0.29) is 5.91 Å². The molecule has 0 unspecified atom stereocenters. The highest BCUT2D eigenvalue weighted by atomic mass is 35.5. The predicted octanol–water partition coefficient (Wildman–Crippen LogP) is 4.60. The zero-order chi connectivity index (χ0) is 19.4. The van der Waals surface area contributed by atoms with Crippen LogP contribution >= 0.6 is 11.6 Å². The van der Waals surface area contributed by atoms with Crippen LogP contribution in [0.2, 0.25) is 5.02 Å². The van der Waals surface area contributed by atoms with Gasteiger partial charge in [0.25, 0.3) is 5.91 Å². The summed E-state index contributed by atoms with van der Waals surface area (Å²) >= 11 is 6.04. The van der Waals surface area contributed by atoms with Gasteiger partial charge in [-0.05, 0) is 38.5 Å². The minimum atomic E-state index is -0.242. The number of carbonyl (C=O) groups is 1. The summed E-state index contributed by atoms with van der Waals surface area (Å²) in [7, 11) is 0. The summed E-state index contributed by atoms with van der Waals surface area (Å²) in [5.41, 5.74) is 2.48. The number of pyridine rings is 1. The molecule has 0 saturated heterocycles. The third kappa shape index (κ3) is 4.01. The quantitative estimate of drug-likeness (QED) is 0.643. The van der Waals surface area contributed by atoms with Gasteiger partial charge in [-0.25, -0.2) is 4.98 Å². The molecule has 27 heavy (non-hydrogen) atoms. The van der Waals surface area contributed by atoms with E-state index in [1.807, 2.05) is 20.8 Å². The number of benzene rings is 1. The lowest BCUT2D eigenvalue weighted by atomic mass is 10.2. The average Bonchev–Trinajstić information content (AvgIpc) is 3.02. The molecule has 7 heteroatoms. The molecular formula is C20H22ClN3O3. The molecule has 0 radical (unpaired) electrons. The molecular weight excluding hydrogens is 366 g/mol. The highest BCUT2D eigenvalue weighted by molar-refractivity contribution is 6.30. The minimum Gasteiger partial charge on any atom is -0.490 e. The van der Waals surface area contributed by atoms with Crippen LogP contribution in [-0.4, -0.2) is 28.5 Å². The summed E-state index contributed by atoms with van der Waals surface area (Å²) in [4.78, 5) is 17.5. The summed E-state index contributed by atoms with van der Waals surface area (Å²) < 4.78 is 12.9. The number of nitrogens with one attached hydrogen (secondary N) is 1. The number of nitrogens with zero attached hydrogens (tertiary/aromatic N) is 2. The molecule has 142 valence electrons. The fourth-order valence-corrected chi connectivity index (χ4v) is 3.03. The van der Waals surface area contributed by atoms with Gasteiger partial charge in [0.2, 0.25) is 0 Å². The van der Waals surface area contributed by atoms with Gasteiger partial charge in [-0.15, -0.1) is 0 Å². The van der Waals surface area contributed by atoms with Crippen LogP contribution in [0.15, 0.2) is 36.5 Å². The fourth-order valence-electron chi connectivity index (χ4n) is 2.87. The van der Waals surface area contributed by atoms with Gasteiger partial charge in [-0.3, -0.25) is 9.20 Å². The Bertz CT molecular complexity index is 969. The van der Waals surface area contributed by atoms with E-state index in [1.165, 1.54) is 0 Å². The predicted molar refractivity (Wildman–Crippen MR) is 106 cm³/mol. The Balaban J connectivity index is 1.93. The first kappa shape index (κ1) is 19.0. The number of hydrogen-bond acceptors (Lipinski definition) is 4. The van der Waals surface area contributed by atoms with E-state index in [1.54, 1.807) is 40.9 Å². The van der Waals surface area contributed by atoms with Gasteiger partial charge in [0.05, 0.1) is 18.9 Å². The Labute approximate surface area is 163 Å². The molecule has 6 nitrogen and oxygen atoms in total. The topological polar surface area (TPSA) is 64.9 Å². The standard InChI is InChI=1S/C20H22ClN3O3/c1-4-15-19(24-10-9-13(21)11-18(24)23-15)20(25)22-14-7-8-16(26-5-2)17(12-14)27-6-3/h7-12H,4-6H2,1-3H3,(H,22,25). The second-order valence-corrected chi connectivity index (χ2v) is 6.25. The first-order valence-electron chi connectivity index (χ1n) is 8.94. The van der Waals surface area contributed by atoms with Crippen LogP contribution < -0.4 is 14.8 Å². The normalized spacial score (nSPS) is 10.8. The average molecular weight is 388 g/mol. The molecule has 2 aromatic heterocycles. The maximum Gasteiger partial charge on any atom is 0.274 e. The van der Waals surface area contributed by atoms with Gasteiger partial charge in [-0.2, -0.15) is 0 Å². The summed E-state index contributed by atoms with van der Waals surface area (Å²) in [6.07, 6.45) is 2.39. The van der Waals surface area contributed by atoms with Gasteiger partial charge < -0.3 is 14.8 Å². The molecule has 3 aromatic rings. The zero-order valence-electron chi connectivity index (χ0n) is 15.6. The molecule has 0 bridgehead atoms. The Morgan fingerprint density at radius 1 is 1.11 bits per heavy atom. The Kier molecular flexibility index (Phi) is 5.86. The van der Waals surface area contributed by atoms with Crippen molar-refractivity contribution >= 4 is 28.8 Å². The SMILES string of the molecule is CCOc1ccc(NC(=O)c2c(CC)nc3cc(Cl)ccn23)cc1OCC. The van der Waals surface area contributed by atoms with Crippen LogP contribution in [-0.2, 0) is 6.42 Å². The lowest BCUT2D eigenvalue weighted by Crippen LogP contribution is -2.16. The molecule has 0 aliphatic heterocycles. The molecule has 0 spiro atoms. The molecule has 1 amide bonds. The molecule has 0 aliphatic carbocycles. The highest BCUT2D eigenvalue weighted by Gasteiger charge is 2.19. The van der Waals surface area contributed by atoms with Crippen molar-refractivity contribution in [2.75, 3.05) is 18.5 Å². The first-order valence-corrected chi connectivity index (χ1v) is 9.32. The summed E-state index contributed by atoms with van der Waals surface area (Å²) in [6, 6.07) is 8.81. The van der Waals surface area contributed by atoms with Crippen LogP contribution in [0.5, 0.6) is 11.5 Å². The number of aromatic nitrogens is 2. The number of amides is 1. The number of carbonyl (C=O) groups excluding carboxylic acids is 1. The van der Waals surface area contributed by atoms with Gasteiger partial charge in [-0.1, -0.05) is 18.5 Å². The zero-order valence-corrected chi connectivity index (χ0v) is 16.3. The lowest BCUT2D eigenvalue weighted by Gasteiger charge is -2.13. The third-order valence-corrected chi connectivity index (χ3v) is 4.25. The van der Waals surface area contributed by atoms with E-state index in [0.29, 0.717) is 58.9 Å². The molecule has 1 N–H and O–H groups in total. The molecule has 3 rings (SSSR count). The molecule has 0 fully saturated rings. The number of rotatable bonds is 7. The van der Waals surface area contributed by atoms with Gasteiger partial charge in [0.15, 0.2) is 11.5 Å². The van der Waals surface area contributed by atoms with Crippen LogP contribution in [0.4, 0.5) is 5.69 Å². The van der Waals surface area contributed by atoms with Crippen molar-refractivity contribution in [2.24, 2.45) is 0 Å². The van der Waals surface area contributed by atoms with Crippen molar-refractivity contribution in [2.45, 2.75) is 27.2 Å². The monoisotopic (exact) mass is 387 g/mol. The number of hydrogen-bond donors (Lipinski definition) is 1. The second kappa shape index (κ2) is 8.31. The summed E-state index contributed by atoms with van der Waals surface area (Å²) in [5.74, 6) is 1.00. The number of aryl methyl sites for hydroxylation is 1. The van der Waals surface area contributed by atoms with E-state index in [9.17, 15) is 4.79 Å². The van der Waals surface area contributed by atoms with Gasteiger partial charge >= 0.3 is 0 Å². The van der Waals surface area contributed by atoms with Crippen LogP contribution in [0.1, 0.15) is 37.0 Å². The fraction of sp³-hybridized carbons (Fsp3) is 0.300. The van der Waals surface area contributed by atoms with Crippen LogP contribution in [0.25, 0.3) is 5.65 Å². The van der Waals surface area contributed by atoms with E-state index < -0.39 is 0 Å². The molecule has 0 saturated carbocycles. The maximum atomic E-state index is 13.0. The summed E-state index contributed by atoms with van der Waals surface area (Å²) in [6.45, 7) is 6.82. The van der Waals surface area contributed by atoms with Crippen LogP contribution in [0.3, 0.4) is 0 Å². The first-order chi connectivity index (χ1) is 13.1. The largest absolute Gasteiger partial charge is 0.490 e. The Morgan fingerprint density at radius 3 is 2.56 bits per heavy atom. The summed E-state index contributed by atoms with van der Waals surface area (Å²) in [5, 5.41) is 3.50. The third-order valence-electron chi connectivity index (χ3n) is 4.01. The van der Waals surface area contributed by atoms with Crippen molar-refractivity contribution in [1.29, 1.82) is 0 Å².